The second-order valence-electron chi connectivity index (χ2n) is 8.87. The van der Waals surface area contributed by atoms with Gasteiger partial charge in [0.05, 0.1) is 6.04 Å². The van der Waals surface area contributed by atoms with Crippen molar-refractivity contribution < 1.29 is 4.79 Å². The van der Waals surface area contributed by atoms with E-state index >= 15 is 0 Å². The van der Waals surface area contributed by atoms with E-state index in [0.717, 1.165) is 18.5 Å². The molecule has 1 aromatic rings. The van der Waals surface area contributed by atoms with Gasteiger partial charge in [0, 0.05) is 54.4 Å². The standard InChI is InChI=1S/C25H31N3O/c1-16(2)28(17(3)4)25(29)19-11-9-18(10-12-19)24-21-8-6-5-7-20(21)22-15-26-14-13-23(22)27-24/h5-12,14,16-17,20-22,24H,13,15H2,1-4H3. The molecule has 0 fully saturated rings. The summed E-state index contributed by atoms with van der Waals surface area (Å²) in [5.74, 6) is 1.33. The predicted molar refractivity (Wildman–Crippen MR) is 120 cm³/mol. The van der Waals surface area contributed by atoms with Crippen LogP contribution in [0.4, 0.5) is 0 Å². The number of nitrogens with zero attached hydrogens (tertiary/aromatic N) is 3. The number of aliphatic imine (C=N–C) groups is 2. The Morgan fingerprint density at radius 2 is 1.66 bits per heavy atom. The Morgan fingerprint density at radius 3 is 2.31 bits per heavy atom. The van der Waals surface area contributed by atoms with Gasteiger partial charge in [-0.05, 0) is 51.3 Å². The molecule has 1 amide bonds. The van der Waals surface area contributed by atoms with Gasteiger partial charge in [-0.2, -0.15) is 0 Å². The van der Waals surface area contributed by atoms with Crippen molar-refractivity contribution in [2.24, 2.45) is 27.7 Å². The molecule has 2 aliphatic heterocycles. The van der Waals surface area contributed by atoms with Crippen LogP contribution in [0.5, 0.6) is 0 Å². The lowest BCUT2D eigenvalue weighted by atomic mass is 9.69. The molecule has 0 N–H and O–H groups in total. The zero-order valence-corrected chi connectivity index (χ0v) is 17.8. The van der Waals surface area contributed by atoms with Gasteiger partial charge in [-0.3, -0.25) is 14.8 Å². The van der Waals surface area contributed by atoms with Crippen molar-refractivity contribution in [3.05, 3.63) is 59.7 Å². The molecule has 4 nitrogen and oxygen atoms in total. The molecule has 29 heavy (non-hydrogen) atoms. The quantitative estimate of drug-likeness (QED) is 0.723. The van der Waals surface area contributed by atoms with Gasteiger partial charge in [0.15, 0.2) is 0 Å². The van der Waals surface area contributed by atoms with Crippen LogP contribution in [0.3, 0.4) is 0 Å². The van der Waals surface area contributed by atoms with Crippen molar-refractivity contribution in [1.82, 2.24) is 4.90 Å². The first-order valence-electron chi connectivity index (χ1n) is 10.8. The SMILES string of the molecule is CC(C)N(C(=O)c1ccc(C2N=C3CC=NCC3C3C=CC=CC23)cc1)C(C)C. The minimum Gasteiger partial charge on any atom is -0.334 e. The Hall–Kier alpha value is -2.49. The number of carbonyl (C=O) groups is 1. The highest BCUT2D eigenvalue weighted by Crippen LogP contribution is 2.44. The molecule has 0 saturated carbocycles. The second kappa shape index (κ2) is 8.10. The number of hydrogen-bond donors (Lipinski definition) is 0. The second-order valence-corrected chi connectivity index (χ2v) is 8.87. The first-order chi connectivity index (χ1) is 14.0. The van der Waals surface area contributed by atoms with Crippen molar-refractivity contribution in [3.8, 4) is 0 Å². The summed E-state index contributed by atoms with van der Waals surface area (Å²) in [5.41, 5.74) is 3.21. The lowest BCUT2D eigenvalue weighted by Gasteiger charge is -2.41. The first kappa shape index (κ1) is 19.8. The largest absolute Gasteiger partial charge is 0.334 e. The number of amides is 1. The van der Waals surface area contributed by atoms with Gasteiger partial charge in [-0.25, -0.2) is 0 Å². The van der Waals surface area contributed by atoms with Gasteiger partial charge in [0.1, 0.15) is 0 Å². The van der Waals surface area contributed by atoms with Gasteiger partial charge in [-0.1, -0.05) is 36.4 Å². The fourth-order valence-corrected chi connectivity index (χ4v) is 5.05. The Bertz CT molecular complexity index is 868. The van der Waals surface area contributed by atoms with Crippen molar-refractivity contribution >= 4 is 17.8 Å². The highest BCUT2D eigenvalue weighted by molar-refractivity contribution is 5.99. The van der Waals surface area contributed by atoms with Crippen LogP contribution in [-0.2, 0) is 0 Å². The Labute approximate surface area is 174 Å². The zero-order valence-electron chi connectivity index (χ0n) is 17.8. The maximum Gasteiger partial charge on any atom is 0.254 e. The van der Waals surface area contributed by atoms with Crippen molar-refractivity contribution in [3.63, 3.8) is 0 Å². The lowest BCUT2D eigenvalue weighted by Crippen LogP contribution is -2.42. The number of carbonyl (C=O) groups excluding carboxylic acids is 1. The van der Waals surface area contributed by atoms with E-state index in [0.29, 0.717) is 17.8 Å². The topological polar surface area (TPSA) is 45.0 Å². The highest BCUT2D eigenvalue weighted by Gasteiger charge is 2.40. The maximum absolute atomic E-state index is 13.0. The summed E-state index contributed by atoms with van der Waals surface area (Å²) < 4.78 is 0. The third-order valence-corrected chi connectivity index (χ3v) is 6.36. The summed E-state index contributed by atoms with van der Waals surface area (Å²) in [4.78, 5) is 24.6. The summed E-state index contributed by atoms with van der Waals surface area (Å²) in [5, 5.41) is 0. The molecule has 0 aromatic heterocycles. The lowest BCUT2D eigenvalue weighted by molar-refractivity contribution is 0.0643. The van der Waals surface area contributed by atoms with Gasteiger partial charge >= 0.3 is 0 Å². The minimum atomic E-state index is 0.0958. The molecule has 4 heteroatoms. The molecule has 2 heterocycles. The minimum absolute atomic E-state index is 0.0958. The van der Waals surface area contributed by atoms with E-state index in [9.17, 15) is 4.79 Å². The smallest absolute Gasteiger partial charge is 0.254 e. The molecule has 152 valence electrons. The van der Waals surface area contributed by atoms with Crippen LogP contribution >= 0.6 is 0 Å². The van der Waals surface area contributed by atoms with Crippen LogP contribution in [0.25, 0.3) is 0 Å². The summed E-state index contributed by atoms with van der Waals surface area (Å²) in [7, 11) is 0. The van der Waals surface area contributed by atoms with Crippen molar-refractivity contribution in [2.75, 3.05) is 6.54 Å². The number of hydrogen-bond acceptors (Lipinski definition) is 3. The third-order valence-electron chi connectivity index (χ3n) is 6.36. The number of benzene rings is 1. The first-order valence-corrected chi connectivity index (χ1v) is 10.8. The number of allylic oxidation sites excluding steroid dienone is 3. The van der Waals surface area contributed by atoms with Crippen molar-refractivity contribution in [1.29, 1.82) is 0 Å². The molecule has 1 aliphatic carbocycles. The molecular formula is C25H31N3O. The van der Waals surface area contributed by atoms with E-state index in [4.69, 9.17) is 4.99 Å². The Balaban J connectivity index is 1.63. The average molecular weight is 390 g/mol. The molecule has 0 radical (unpaired) electrons. The predicted octanol–water partition coefficient (Wildman–Crippen LogP) is 4.89. The van der Waals surface area contributed by atoms with E-state index in [1.165, 1.54) is 11.3 Å². The van der Waals surface area contributed by atoms with Crippen LogP contribution in [0, 0.1) is 17.8 Å². The van der Waals surface area contributed by atoms with Gasteiger partial charge in [-0.15, -0.1) is 0 Å². The van der Waals surface area contributed by atoms with E-state index < -0.39 is 0 Å². The van der Waals surface area contributed by atoms with E-state index in [1.807, 2.05) is 23.2 Å². The normalized spacial score (nSPS) is 27.6. The van der Waals surface area contributed by atoms with Crippen LogP contribution in [0.1, 0.15) is 56.1 Å². The van der Waals surface area contributed by atoms with E-state index in [1.54, 1.807) is 0 Å². The molecule has 0 spiro atoms. The molecule has 4 unspecified atom stereocenters. The molecular weight excluding hydrogens is 358 g/mol. The van der Waals surface area contributed by atoms with Crippen LogP contribution in [0.2, 0.25) is 0 Å². The summed E-state index contributed by atoms with van der Waals surface area (Å²) in [6, 6.07) is 8.61. The summed E-state index contributed by atoms with van der Waals surface area (Å²) in [6.45, 7) is 9.11. The molecule has 4 atom stereocenters. The van der Waals surface area contributed by atoms with Crippen LogP contribution in [-0.4, -0.2) is 41.4 Å². The van der Waals surface area contributed by atoms with Gasteiger partial charge in [0.25, 0.3) is 5.91 Å². The molecule has 1 aromatic carbocycles. The van der Waals surface area contributed by atoms with E-state index in [2.05, 4.69) is 69.1 Å². The van der Waals surface area contributed by atoms with Gasteiger partial charge < -0.3 is 4.90 Å². The third kappa shape index (κ3) is 3.73. The maximum atomic E-state index is 13.0. The average Bonchev–Trinajstić information content (AvgIpc) is 2.73. The molecule has 0 saturated heterocycles. The molecule has 0 bridgehead atoms. The Kier molecular flexibility index (Phi) is 5.53. The number of rotatable bonds is 4. The summed E-state index contributed by atoms with van der Waals surface area (Å²) in [6.07, 6.45) is 11.8. The van der Waals surface area contributed by atoms with E-state index in [-0.39, 0.29) is 24.0 Å². The zero-order chi connectivity index (χ0) is 20.5. The fourth-order valence-electron chi connectivity index (χ4n) is 5.05. The molecule has 4 rings (SSSR count). The fraction of sp³-hybridized carbons (Fsp3) is 0.480. The summed E-state index contributed by atoms with van der Waals surface area (Å²) >= 11 is 0. The van der Waals surface area contributed by atoms with Crippen molar-refractivity contribution in [2.45, 2.75) is 52.2 Å². The van der Waals surface area contributed by atoms with Gasteiger partial charge in [0.2, 0.25) is 0 Å². The molecule has 3 aliphatic rings. The Morgan fingerprint density at radius 1 is 1.00 bits per heavy atom. The highest BCUT2D eigenvalue weighted by atomic mass is 16.2. The monoisotopic (exact) mass is 389 g/mol. The number of fused-ring (bicyclic) bond motifs is 3. The van der Waals surface area contributed by atoms with Crippen LogP contribution in [0.15, 0.2) is 58.6 Å². The van der Waals surface area contributed by atoms with Crippen LogP contribution < -0.4 is 0 Å².